The van der Waals surface area contributed by atoms with Crippen molar-refractivity contribution in [2.45, 2.75) is 91.2 Å². The van der Waals surface area contributed by atoms with Crippen LogP contribution >= 0.6 is 0 Å². The summed E-state index contributed by atoms with van der Waals surface area (Å²) in [6.45, 7) is 9.57. The van der Waals surface area contributed by atoms with Gasteiger partial charge in [0.05, 0.1) is 12.1 Å². The van der Waals surface area contributed by atoms with Crippen LogP contribution in [-0.4, -0.2) is 32.7 Å². The first-order valence-corrected chi connectivity index (χ1v) is 15.3. The topological polar surface area (TPSA) is 69.0 Å². The highest BCUT2D eigenvalue weighted by molar-refractivity contribution is 5.97. The number of rotatable bonds is 10. The lowest BCUT2D eigenvalue weighted by molar-refractivity contribution is 0.00704. The van der Waals surface area contributed by atoms with Crippen LogP contribution in [0.1, 0.15) is 94.4 Å². The number of hydrogen-bond acceptors (Lipinski definition) is 5. The van der Waals surface area contributed by atoms with E-state index in [1.54, 1.807) is 0 Å². The van der Waals surface area contributed by atoms with Crippen molar-refractivity contribution in [3.63, 3.8) is 0 Å². The van der Waals surface area contributed by atoms with Crippen molar-refractivity contribution in [1.82, 2.24) is 14.5 Å². The maximum atomic E-state index is 12.9. The lowest BCUT2D eigenvalue weighted by atomic mass is 9.89. The Morgan fingerprint density at radius 1 is 0.976 bits per heavy atom. The SMILES string of the molecule is CCCCc1nc2ccc(NCC3CCCCC3)nc2n1Cc1ccc(-c2ccccc2C(=O)OC(C)(C)C)cc1. The molecule has 0 aliphatic heterocycles. The Balaban J connectivity index is 1.39. The number of esters is 1. The van der Waals surface area contributed by atoms with E-state index < -0.39 is 5.60 Å². The molecule has 4 aromatic rings. The molecule has 2 aromatic carbocycles. The highest BCUT2D eigenvalue weighted by atomic mass is 16.6. The molecule has 216 valence electrons. The molecule has 0 atom stereocenters. The normalized spacial score (nSPS) is 14.3. The number of benzene rings is 2. The Morgan fingerprint density at radius 2 is 1.73 bits per heavy atom. The molecule has 1 aliphatic rings. The van der Waals surface area contributed by atoms with E-state index in [1.807, 2.05) is 45.0 Å². The zero-order chi connectivity index (χ0) is 28.8. The molecule has 1 aliphatic carbocycles. The molecule has 0 bridgehead atoms. The molecule has 0 saturated heterocycles. The number of fused-ring (bicyclic) bond motifs is 1. The van der Waals surface area contributed by atoms with Gasteiger partial charge in [-0.2, -0.15) is 0 Å². The van der Waals surface area contributed by atoms with Crippen LogP contribution < -0.4 is 5.32 Å². The molecule has 41 heavy (non-hydrogen) atoms. The van der Waals surface area contributed by atoms with E-state index in [-0.39, 0.29) is 5.97 Å². The van der Waals surface area contributed by atoms with Crippen molar-refractivity contribution in [3.8, 4) is 11.1 Å². The molecule has 6 nitrogen and oxygen atoms in total. The Bertz CT molecular complexity index is 1460. The van der Waals surface area contributed by atoms with Gasteiger partial charge in [0.25, 0.3) is 0 Å². The lowest BCUT2D eigenvalue weighted by Crippen LogP contribution is -2.24. The summed E-state index contributed by atoms with van der Waals surface area (Å²) >= 11 is 0. The van der Waals surface area contributed by atoms with Crippen LogP contribution in [0.25, 0.3) is 22.3 Å². The first-order valence-electron chi connectivity index (χ1n) is 15.3. The number of hydrogen-bond donors (Lipinski definition) is 1. The van der Waals surface area contributed by atoms with E-state index in [2.05, 4.69) is 53.2 Å². The summed E-state index contributed by atoms with van der Waals surface area (Å²) in [5, 5.41) is 3.61. The number of anilines is 1. The average Bonchev–Trinajstić information content (AvgIpc) is 3.31. The molecule has 5 rings (SSSR count). The quantitative estimate of drug-likeness (QED) is 0.200. The molecule has 0 amide bonds. The molecule has 0 radical (unpaired) electrons. The smallest absolute Gasteiger partial charge is 0.339 e. The van der Waals surface area contributed by atoms with Gasteiger partial charge >= 0.3 is 5.97 Å². The summed E-state index contributed by atoms with van der Waals surface area (Å²) in [4.78, 5) is 22.9. The van der Waals surface area contributed by atoms with Crippen molar-refractivity contribution in [2.24, 2.45) is 5.92 Å². The van der Waals surface area contributed by atoms with E-state index in [1.165, 1.54) is 37.7 Å². The Hall–Kier alpha value is -3.67. The van der Waals surface area contributed by atoms with Gasteiger partial charge < -0.3 is 14.6 Å². The Morgan fingerprint density at radius 3 is 2.46 bits per heavy atom. The zero-order valence-electron chi connectivity index (χ0n) is 25.1. The van der Waals surface area contributed by atoms with Gasteiger partial charge in [-0.1, -0.05) is 75.1 Å². The van der Waals surface area contributed by atoms with Gasteiger partial charge in [-0.3, -0.25) is 0 Å². The number of carbonyl (C=O) groups excluding carboxylic acids is 1. The monoisotopic (exact) mass is 552 g/mol. The van der Waals surface area contributed by atoms with Gasteiger partial charge in [0.1, 0.15) is 22.8 Å². The van der Waals surface area contributed by atoms with Crippen LogP contribution in [0.15, 0.2) is 60.7 Å². The standard InChI is InChI=1S/C35H44N4O2/c1-5-6-16-32-37-30-21-22-31(36-23-25-12-8-7-9-13-25)38-33(30)39(32)24-26-17-19-27(20-18-26)28-14-10-11-15-29(28)34(40)41-35(2,3)4/h10-11,14-15,17-22,25H,5-9,12-13,16,23-24H2,1-4H3,(H,36,38). The highest BCUT2D eigenvalue weighted by Crippen LogP contribution is 2.28. The van der Waals surface area contributed by atoms with Crippen molar-refractivity contribution in [2.75, 3.05) is 11.9 Å². The van der Waals surface area contributed by atoms with Gasteiger partial charge in [-0.25, -0.2) is 14.8 Å². The summed E-state index contributed by atoms with van der Waals surface area (Å²) < 4.78 is 7.94. The third-order valence-electron chi connectivity index (χ3n) is 7.87. The van der Waals surface area contributed by atoms with Crippen LogP contribution in [0.3, 0.4) is 0 Å². The number of pyridine rings is 1. The predicted octanol–water partition coefficient (Wildman–Crippen LogP) is 8.44. The van der Waals surface area contributed by atoms with Gasteiger partial charge in [0.15, 0.2) is 5.65 Å². The minimum Gasteiger partial charge on any atom is -0.456 e. The largest absolute Gasteiger partial charge is 0.456 e. The van der Waals surface area contributed by atoms with Crippen LogP contribution in [0.5, 0.6) is 0 Å². The minimum atomic E-state index is -0.545. The number of carbonyl (C=O) groups is 1. The summed E-state index contributed by atoms with van der Waals surface area (Å²) in [6, 6.07) is 20.3. The molecular weight excluding hydrogens is 508 g/mol. The molecule has 1 fully saturated rings. The fraction of sp³-hybridized carbons (Fsp3) is 0.457. The van der Waals surface area contributed by atoms with E-state index in [4.69, 9.17) is 14.7 Å². The van der Waals surface area contributed by atoms with Crippen LogP contribution in [0.2, 0.25) is 0 Å². The Labute approximate surface area is 244 Å². The molecular formula is C35H44N4O2. The fourth-order valence-corrected chi connectivity index (χ4v) is 5.70. The van der Waals surface area contributed by atoms with Crippen LogP contribution in [0, 0.1) is 5.92 Å². The predicted molar refractivity (Wildman–Crippen MR) is 167 cm³/mol. The van der Waals surface area contributed by atoms with E-state index >= 15 is 0 Å². The summed E-state index contributed by atoms with van der Waals surface area (Å²) in [5.41, 5.74) is 4.95. The third-order valence-corrected chi connectivity index (χ3v) is 7.87. The number of aryl methyl sites for hydroxylation is 1. The average molecular weight is 553 g/mol. The second-order valence-electron chi connectivity index (χ2n) is 12.4. The van der Waals surface area contributed by atoms with Crippen molar-refractivity contribution in [1.29, 1.82) is 0 Å². The molecule has 0 unspecified atom stereocenters. The van der Waals surface area contributed by atoms with E-state index in [0.29, 0.717) is 12.1 Å². The molecule has 1 saturated carbocycles. The van der Waals surface area contributed by atoms with Crippen molar-refractivity contribution < 1.29 is 9.53 Å². The summed E-state index contributed by atoms with van der Waals surface area (Å²) in [7, 11) is 0. The first-order chi connectivity index (χ1) is 19.8. The Kier molecular flexibility index (Phi) is 9.06. The number of unbranched alkanes of at least 4 members (excludes halogenated alkanes) is 1. The second-order valence-corrected chi connectivity index (χ2v) is 12.4. The molecule has 2 heterocycles. The molecule has 1 N–H and O–H groups in total. The van der Waals surface area contributed by atoms with Gasteiger partial charge in [-0.15, -0.1) is 0 Å². The summed E-state index contributed by atoms with van der Waals surface area (Å²) in [5.74, 6) is 2.45. The number of nitrogens with one attached hydrogen (secondary N) is 1. The van der Waals surface area contributed by atoms with E-state index in [0.717, 1.165) is 65.7 Å². The van der Waals surface area contributed by atoms with Gasteiger partial charge in [0, 0.05) is 13.0 Å². The number of aromatic nitrogens is 3. The second kappa shape index (κ2) is 12.9. The van der Waals surface area contributed by atoms with Gasteiger partial charge in [-0.05, 0) is 80.8 Å². The molecule has 0 spiro atoms. The van der Waals surface area contributed by atoms with Crippen molar-refractivity contribution >= 4 is 23.0 Å². The summed E-state index contributed by atoms with van der Waals surface area (Å²) in [6.07, 6.45) is 9.83. The molecule has 6 heteroatoms. The zero-order valence-corrected chi connectivity index (χ0v) is 25.1. The highest BCUT2D eigenvalue weighted by Gasteiger charge is 2.21. The minimum absolute atomic E-state index is 0.304. The maximum Gasteiger partial charge on any atom is 0.339 e. The number of ether oxygens (including phenoxy) is 1. The van der Waals surface area contributed by atoms with Gasteiger partial charge in [0.2, 0.25) is 0 Å². The maximum absolute atomic E-state index is 12.9. The van der Waals surface area contributed by atoms with Crippen LogP contribution in [-0.2, 0) is 17.7 Å². The molecule has 2 aromatic heterocycles. The first kappa shape index (κ1) is 28.8. The third kappa shape index (κ3) is 7.35. The number of imidazole rings is 1. The van der Waals surface area contributed by atoms with Crippen molar-refractivity contribution in [3.05, 3.63) is 77.6 Å². The number of nitrogens with zero attached hydrogens (tertiary/aromatic N) is 3. The van der Waals surface area contributed by atoms with E-state index in [9.17, 15) is 4.79 Å². The van der Waals surface area contributed by atoms with Crippen LogP contribution in [0.4, 0.5) is 5.82 Å². The fourth-order valence-electron chi connectivity index (χ4n) is 5.70. The lowest BCUT2D eigenvalue weighted by Gasteiger charge is -2.22.